The van der Waals surface area contributed by atoms with Crippen molar-refractivity contribution in [3.8, 4) is 5.75 Å². The minimum atomic E-state index is 0.105. The summed E-state index contributed by atoms with van der Waals surface area (Å²) in [6, 6.07) is 16.9. The average Bonchev–Trinajstić information content (AvgIpc) is 2.82. The van der Waals surface area contributed by atoms with Gasteiger partial charge in [-0.3, -0.25) is 4.79 Å². The van der Waals surface area contributed by atoms with Gasteiger partial charge in [-0.05, 0) is 41.0 Å². The van der Waals surface area contributed by atoms with Crippen LogP contribution in [0.4, 0.5) is 0 Å². The maximum atomic E-state index is 12.1. The van der Waals surface area contributed by atoms with Crippen molar-refractivity contribution in [1.82, 2.24) is 0 Å². The Bertz CT molecular complexity index is 877. The van der Waals surface area contributed by atoms with Crippen LogP contribution in [0.2, 0.25) is 0 Å². The molecule has 0 saturated heterocycles. The Labute approximate surface area is 195 Å². The molecule has 0 N–H and O–H groups in total. The molecular formula is C30H40O2. The number of carbonyl (C=O) groups excluding carboxylic acids is 1. The zero-order valence-electron chi connectivity index (χ0n) is 20.3. The summed E-state index contributed by atoms with van der Waals surface area (Å²) in [6.07, 6.45) is 10.5. The van der Waals surface area contributed by atoms with Crippen molar-refractivity contribution in [3.05, 3.63) is 84.5 Å². The summed E-state index contributed by atoms with van der Waals surface area (Å²) < 4.78 is 6.34. The molecule has 1 aliphatic carbocycles. The molecule has 2 heteroatoms. The van der Waals surface area contributed by atoms with Gasteiger partial charge in [-0.25, -0.2) is 0 Å². The lowest BCUT2D eigenvalue weighted by Crippen LogP contribution is -2.17. The zero-order chi connectivity index (χ0) is 23.4. The molecule has 1 aliphatic rings. The summed E-state index contributed by atoms with van der Waals surface area (Å²) in [7, 11) is 0. The number of unbranched alkanes of at least 4 members (excludes halogenated alkanes) is 3. The summed E-state index contributed by atoms with van der Waals surface area (Å²) in [4.78, 5) is 12.1. The Kier molecular flexibility index (Phi) is 10.5. The van der Waals surface area contributed by atoms with Crippen LogP contribution in [0.5, 0.6) is 5.75 Å². The fourth-order valence-electron chi connectivity index (χ4n) is 4.19. The standard InChI is InChI=1S/C28H36O2.C2H4/c1-4-5-6-10-18-28(2,3)24-16-17-26(23-14-11-15-25(29)19-23)27(20-24)30-21-22-12-8-7-9-13-22;1-2/h7-9,12-14,16-17,20H,4-6,10-11,15,18-19,21H2,1-3H3;1-2H2. The van der Waals surface area contributed by atoms with Crippen LogP contribution in [0.25, 0.3) is 5.57 Å². The van der Waals surface area contributed by atoms with Gasteiger partial charge in [0.2, 0.25) is 0 Å². The number of allylic oxidation sites excluding steroid dienone is 2. The molecule has 0 unspecified atom stereocenters. The molecule has 0 fully saturated rings. The summed E-state index contributed by atoms with van der Waals surface area (Å²) >= 11 is 0. The monoisotopic (exact) mass is 432 g/mol. The SMILES string of the molecule is C=C.CCCCCCC(C)(C)c1ccc(C2=CCCC(=O)C2)c(OCc2ccccc2)c1. The van der Waals surface area contributed by atoms with Gasteiger partial charge in [0, 0.05) is 18.4 Å². The number of ketones is 1. The molecule has 2 aromatic carbocycles. The summed E-state index contributed by atoms with van der Waals surface area (Å²) in [5.74, 6) is 1.22. The molecule has 3 rings (SSSR count). The van der Waals surface area contributed by atoms with Crippen LogP contribution in [-0.4, -0.2) is 5.78 Å². The second-order valence-electron chi connectivity index (χ2n) is 9.16. The second-order valence-corrected chi connectivity index (χ2v) is 9.16. The third kappa shape index (κ3) is 7.51. The lowest BCUT2D eigenvalue weighted by Gasteiger charge is -2.27. The normalized spacial score (nSPS) is 13.7. The number of ether oxygens (including phenoxy) is 1. The van der Waals surface area contributed by atoms with Gasteiger partial charge < -0.3 is 4.74 Å². The first kappa shape index (κ1) is 25.6. The molecule has 172 valence electrons. The number of benzene rings is 2. The van der Waals surface area contributed by atoms with E-state index in [4.69, 9.17) is 4.74 Å². The zero-order valence-corrected chi connectivity index (χ0v) is 20.3. The minimum absolute atomic E-state index is 0.105. The predicted molar refractivity (Wildman–Crippen MR) is 137 cm³/mol. The molecule has 0 radical (unpaired) electrons. The Hall–Kier alpha value is -2.61. The first-order valence-corrected chi connectivity index (χ1v) is 12.0. The van der Waals surface area contributed by atoms with Gasteiger partial charge in [0.1, 0.15) is 18.1 Å². The van der Waals surface area contributed by atoms with Crippen molar-refractivity contribution in [3.63, 3.8) is 0 Å². The second kappa shape index (κ2) is 13.1. The third-order valence-electron chi connectivity index (χ3n) is 6.20. The van der Waals surface area contributed by atoms with Crippen LogP contribution in [-0.2, 0) is 16.8 Å². The Morgan fingerprint density at radius 2 is 1.75 bits per heavy atom. The van der Waals surface area contributed by atoms with Crippen LogP contribution < -0.4 is 4.74 Å². The first-order chi connectivity index (χ1) is 15.5. The molecule has 0 atom stereocenters. The molecule has 0 spiro atoms. The molecule has 0 heterocycles. The van der Waals surface area contributed by atoms with Gasteiger partial charge in [0.05, 0.1) is 0 Å². The number of carbonyl (C=O) groups is 1. The number of Topliss-reactive ketones (excluding diaryl/α,β-unsaturated/α-hetero) is 1. The van der Waals surface area contributed by atoms with Crippen molar-refractivity contribution < 1.29 is 9.53 Å². The smallest absolute Gasteiger partial charge is 0.137 e. The molecule has 2 nitrogen and oxygen atoms in total. The van der Waals surface area contributed by atoms with Crippen LogP contribution in [0.3, 0.4) is 0 Å². The van der Waals surface area contributed by atoms with Crippen molar-refractivity contribution >= 4 is 11.4 Å². The van der Waals surface area contributed by atoms with E-state index in [1.165, 1.54) is 37.7 Å². The number of hydrogen-bond acceptors (Lipinski definition) is 2. The number of rotatable bonds is 10. The first-order valence-electron chi connectivity index (χ1n) is 12.0. The molecule has 0 saturated carbocycles. The molecule has 0 bridgehead atoms. The van der Waals surface area contributed by atoms with Crippen molar-refractivity contribution in [2.75, 3.05) is 0 Å². The highest BCUT2D eigenvalue weighted by molar-refractivity contribution is 5.93. The van der Waals surface area contributed by atoms with E-state index in [0.29, 0.717) is 25.2 Å². The van der Waals surface area contributed by atoms with E-state index in [2.05, 4.69) is 70.3 Å². The molecule has 0 aromatic heterocycles. The van der Waals surface area contributed by atoms with Crippen LogP contribution in [0.15, 0.2) is 67.8 Å². The largest absolute Gasteiger partial charge is 0.488 e. The quantitative estimate of drug-likeness (QED) is 0.278. The van der Waals surface area contributed by atoms with Gasteiger partial charge in [-0.2, -0.15) is 0 Å². The topological polar surface area (TPSA) is 26.3 Å². The lowest BCUT2D eigenvalue weighted by atomic mass is 9.79. The van der Waals surface area contributed by atoms with E-state index in [1.807, 2.05) is 18.2 Å². The summed E-state index contributed by atoms with van der Waals surface area (Å²) in [5, 5.41) is 0. The molecular weight excluding hydrogens is 392 g/mol. The fraction of sp³-hybridized carbons (Fsp3) is 0.433. The van der Waals surface area contributed by atoms with E-state index in [0.717, 1.165) is 28.9 Å². The van der Waals surface area contributed by atoms with E-state index in [1.54, 1.807) is 0 Å². The van der Waals surface area contributed by atoms with Gasteiger partial charge in [-0.1, -0.05) is 95.0 Å². The number of hydrogen-bond donors (Lipinski definition) is 0. The van der Waals surface area contributed by atoms with Crippen molar-refractivity contribution in [1.29, 1.82) is 0 Å². The van der Waals surface area contributed by atoms with Crippen LogP contribution in [0.1, 0.15) is 88.8 Å². The summed E-state index contributed by atoms with van der Waals surface area (Å²) in [5.41, 5.74) is 4.76. The molecule has 32 heavy (non-hydrogen) atoms. The molecule has 0 aliphatic heterocycles. The maximum absolute atomic E-state index is 12.1. The van der Waals surface area contributed by atoms with Crippen LogP contribution in [0, 0.1) is 0 Å². The van der Waals surface area contributed by atoms with Gasteiger partial charge in [0.15, 0.2) is 0 Å². The lowest BCUT2D eigenvalue weighted by molar-refractivity contribution is -0.118. The minimum Gasteiger partial charge on any atom is -0.488 e. The Morgan fingerprint density at radius 3 is 2.44 bits per heavy atom. The van der Waals surface area contributed by atoms with Gasteiger partial charge >= 0.3 is 0 Å². The van der Waals surface area contributed by atoms with Crippen LogP contribution >= 0.6 is 0 Å². The summed E-state index contributed by atoms with van der Waals surface area (Å²) in [6.45, 7) is 13.5. The van der Waals surface area contributed by atoms with E-state index in [-0.39, 0.29) is 5.41 Å². The Balaban J connectivity index is 0.00000176. The highest BCUT2D eigenvalue weighted by Gasteiger charge is 2.23. The predicted octanol–water partition coefficient (Wildman–Crippen LogP) is 8.45. The van der Waals surface area contributed by atoms with Gasteiger partial charge in [-0.15, -0.1) is 13.2 Å². The van der Waals surface area contributed by atoms with E-state index in [9.17, 15) is 4.79 Å². The Morgan fingerprint density at radius 1 is 1.00 bits per heavy atom. The highest BCUT2D eigenvalue weighted by Crippen LogP contribution is 2.37. The van der Waals surface area contributed by atoms with Gasteiger partial charge in [0.25, 0.3) is 0 Å². The molecule has 2 aromatic rings. The van der Waals surface area contributed by atoms with Crippen molar-refractivity contribution in [2.24, 2.45) is 0 Å². The van der Waals surface area contributed by atoms with E-state index < -0.39 is 0 Å². The molecule has 0 amide bonds. The fourth-order valence-corrected chi connectivity index (χ4v) is 4.19. The maximum Gasteiger partial charge on any atom is 0.137 e. The van der Waals surface area contributed by atoms with E-state index >= 15 is 0 Å². The average molecular weight is 433 g/mol. The highest BCUT2D eigenvalue weighted by atomic mass is 16.5. The van der Waals surface area contributed by atoms with Crippen molar-refractivity contribution in [2.45, 2.75) is 84.2 Å². The third-order valence-corrected chi connectivity index (χ3v) is 6.20.